The highest BCUT2D eigenvalue weighted by Crippen LogP contribution is 2.43. The summed E-state index contributed by atoms with van der Waals surface area (Å²) < 4.78 is 34.3. The fourth-order valence-electron chi connectivity index (χ4n) is 4.57. The molecule has 0 saturated carbocycles. The third-order valence-corrected chi connectivity index (χ3v) is 6.57. The zero-order chi connectivity index (χ0) is 23.2. The molecule has 10 heteroatoms. The molecule has 1 amide bonds. The lowest BCUT2D eigenvalue weighted by molar-refractivity contribution is 0.0966. The largest absolute Gasteiger partial charge is 0.493 e. The Bertz CT molecular complexity index is 1340. The number of hydrogen-bond donors (Lipinski definition) is 3. The van der Waals surface area contributed by atoms with E-state index in [9.17, 15) is 13.2 Å². The number of nitrogens with zero attached hydrogens (tertiary/aromatic N) is 1. The Morgan fingerprint density at radius 1 is 1.18 bits per heavy atom. The van der Waals surface area contributed by atoms with Gasteiger partial charge in [0, 0.05) is 53.9 Å². The lowest BCUT2D eigenvalue weighted by Gasteiger charge is -2.16. The molecule has 9 nitrogen and oxygen atoms in total. The number of hydrazine groups is 1. The molecular formula is C23H26N4O5S. The van der Waals surface area contributed by atoms with Crippen molar-refractivity contribution in [3.8, 4) is 22.8 Å². The normalized spacial score (nSPS) is 16.2. The van der Waals surface area contributed by atoms with Gasteiger partial charge >= 0.3 is 10.1 Å². The summed E-state index contributed by atoms with van der Waals surface area (Å²) >= 11 is 0. The average molecular weight is 471 g/mol. The molecule has 0 atom stereocenters. The third kappa shape index (κ3) is 4.17. The van der Waals surface area contributed by atoms with Gasteiger partial charge in [0.2, 0.25) is 0 Å². The van der Waals surface area contributed by atoms with Crippen molar-refractivity contribution in [2.75, 3.05) is 26.5 Å². The van der Waals surface area contributed by atoms with E-state index in [1.54, 1.807) is 6.07 Å². The lowest BCUT2D eigenvalue weighted by atomic mass is 9.98. The Hall–Kier alpha value is -3.08. The van der Waals surface area contributed by atoms with Crippen LogP contribution in [0.3, 0.4) is 0 Å². The summed E-state index contributed by atoms with van der Waals surface area (Å²) in [7, 11) is -2.36. The number of carbonyl (C=O) groups is 1. The molecule has 1 fully saturated rings. The van der Waals surface area contributed by atoms with Crippen molar-refractivity contribution in [3.05, 3.63) is 47.0 Å². The Balaban J connectivity index is 1.59. The third-order valence-electron chi connectivity index (χ3n) is 6.10. The molecule has 2 aliphatic rings. The average Bonchev–Trinajstić information content (AvgIpc) is 3.51. The maximum absolute atomic E-state index is 12.7. The van der Waals surface area contributed by atoms with Gasteiger partial charge in [-0.25, -0.2) is 5.01 Å². The summed E-state index contributed by atoms with van der Waals surface area (Å²) in [5.74, 6) is 0.0135. The standard InChI is InChI=1S/C23H26N4O5S/c1-31-20-11-16(21-17(13-24-23(21)28)22(20)32-33(2,29)30)19-10-15-14(6-5-7-18(15)26-19)12-25-27-8-3-4-9-27/h5-7,10-11,25-26H,3-4,8-9,12-13H2,1-2H3,(H,24,28). The van der Waals surface area contributed by atoms with Gasteiger partial charge in [0.25, 0.3) is 5.91 Å². The fourth-order valence-corrected chi connectivity index (χ4v) is 5.06. The molecular weight excluding hydrogens is 444 g/mol. The molecule has 174 valence electrons. The number of methoxy groups -OCH3 is 1. The van der Waals surface area contributed by atoms with E-state index in [0.29, 0.717) is 23.2 Å². The number of benzene rings is 2. The van der Waals surface area contributed by atoms with E-state index in [-0.39, 0.29) is 24.0 Å². The van der Waals surface area contributed by atoms with Crippen LogP contribution in [0, 0.1) is 0 Å². The first kappa shape index (κ1) is 21.7. The summed E-state index contributed by atoms with van der Waals surface area (Å²) in [6.45, 7) is 2.97. The quantitative estimate of drug-likeness (QED) is 0.455. The Kier molecular flexibility index (Phi) is 5.51. The van der Waals surface area contributed by atoms with Gasteiger partial charge in [0.05, 0.1) is 18.9 Å². The lowest BCUT2D eigenvalue weighted by Crippen LogP contribution is -2.34. The van der Waals surface area contributed by atoms with Crippen LogP contribution >= 0.6 is 0 Å². The summed E-state index contributed by atoms with van der Waals surface area (Å²) in [5.41, 5.74) is 7.83. The molecule has 1 aromatic heterocycles. The van der Waals surface area contributed by atoms with Crippen LogP contribution in [0.25, 0.3) is 22.2 Å². The number of H-pyrrole nitrogens is 1. The second-order valence-corrected chi connectivity index (χ2v) is 9.94. The van der Waals surface area contributed by atoms with Gasteiger partial charge < -0.3 is 19.2 Å². The molecule has 3 heterocycles. The Morgan fingerprint density at radius 2 is 1.97 bits per heavy atom. The number of nitrogens with one attached hydrogen (secondary N) is 3. The first-order valence-corrected chi connectivity index (χ1v) is 12.7. The predicted octanol–water partition coefficient (Wildman–Crippen LogP) is 2.53. The second kappa shape index (κ2) is 8.36. The van der Waals surface area contributed by atoms with Crippen molar-refractivity contribution in [2.45, 2.75) is 25.9 Å². The van der Waals surface area contributed by atoms with Gasteiger partial charge in [-0.3, -0.25) is 10.2 Å². The van der Waals surface area contributed by atoms with E-state index in [2.05, 4.69) is 26.8 Å². The van der Waals surface area contributed by atoms with E-state index < -0.39 is 10.1 Å². The number of carbonyl (C=O) groups excluding carboxylic acids is 1. The van der Waals surface area contributed by atoms with Crippen molar-refractivity contribution < 1.29 is 22.1 Å². The van der Waals surface area contributed by atoms with Gasteiger partial charge in [0.15, 0.2) is 11.5 Å². The number of hydrogen-bond acceptors (Lipinski definition) is 7. The first-order valence-electron chi connectivity index (χ1n) is 10.8. The van der Waals surface area contributed by atoms with Crippen molar-refractivity contribution in [3.63, 3.8) is 0 Å². The molecule has 3 aromatic rings. The van der Waals surface area contributed by atoms with Crippen molar-refractivity contribution >= 4 is 26.9 Å². The van der Waals surface area contributed by atoms with Crippen molar-refractivity contribution in [1.29, 1.82) is 0 Å². The van der Waals surface area contributed by atoms with Crippen LogP contribution < -0.4 is 19.7 Å². The van der Waals surface area contributed by atoms with Gasteiger partial charge in [-0.05, 0) is 36.6 Å². The summed E-state index contributed by atoms with van der Waals surface area (Å²) in [6.07, 6.45) is 3.38. The van der Waals surface area contributed by atoms with Crippen LogP contribution in [0.15, 0.2) is 30.3 Å². The maximum Gasteiger partial charge on any atom is 0.306 e. The van der Waals surface area contributed by atoms with Crippen LogP contribution in [-0.2, 0) is 23.2 Å². The fraction of sp³-hybridized carbons (Fsp3) is 0.348. The van der Waals surface area contributed by atoms with E-state index >= 15 is 0 Å². The maximum atomic E-state index is 12.7. The minimum Gasteiger partial charge on any atom is -0.493 e. The number of aromatic amines is 1. The highest BCUT2D eigenvalue weighted by atomic mass is 32.2. The summed E-state index contributed by atoms with van der Waals surface area (Å²) in [6, 6.07) is 9.76. The Morgan fingerprint density at radius 3 is 2.70 bits per heavy atom. The molecule has 0 radical (unpaired) electrons. The predicted molar refractivity (Wildman–Crippen MR) is 125 cm³/mol. The minimum absolute atomic E-state index is 0.0451. The smallest absolute Gasteiger partial charge is 0.306 e. The van der Waals surface area contributed by atoms with Crippen LogP contribution in [0.1, 0.15) is 34.3 Å². The number of fused-ring (bicyclic) bond motifs is 2. The van der Waals surface area contributed by atoms with Crippen molar-refractivity contribution in [2.24, 2.45) is 0 Å². The highest BCUT2D eigenvalue weighted by molar-refractivity contribution is 7.86. The number of rotatable bonds is 7. The molecule has 2 aliphatic heterocycles. The van der Waals surface area contributed by atoms with Crippen LogP contribution in [-0.4, -0.2) is 50.8 Å². The van der Waals surface area contributed by atoms with Crippen LogP contribution in [0.4, 0.5) is 0 Å². The molecule has 0 spiro atoms. The Labute approximate surface area is 192 Å². The molecule has 0 unspecified atom stereocenters. The molecule has 0 bridgehead atoms. The van der Waals surface area contributed by atoms with E-state index in [1.165, 1.54) is 20.0 Å². The second-order valence-electron chi connectivity index (χ2n) is 8.37. The topological polar surface area (TPSA) is 113 Å². The zero-order valence-electron chi connectivity index (χ0n) is 18.5. The molecule has 1 saturated heterocycles. The molecule has 33 heavy (non-hydrogen) atoms. The van der Waals surface area contributed by atoms with Gasteiger partial charge in [-0.2, -0.15) is 8.42 Å². The minimum atomic E-state index is -3.80. The molecule has 2 aromatic carbocycles. The summed E-state index contributed by atoms with van der Waals surface area (Å²) in [5, 5.41) is 6.07. The number of ether oxygens (including phenoxy) is 1. The monoisotopic (exact) mass is 470 g/mol. The van der Waals surface area contributed by atoms with Crippen molar-refractivity contribution in [1.82, 2.24) is 20.7 Å². The number of aromatic nitrogens is 1. The zero-order valence-corrected chi connectivity index (χ0v) is 19.3. The van der Waals surface area contributed by atoms with Gasteiger partial charge in [0.1, 0.15) is 0 Å². The van der Waals surface area contributed by atoms with E-state index in [1.807, 2.05) is 18.2 Å². The van der Waals surface area contributed by atoms with Gasteiger partial charge in [-0.15, -0.1) is 0 Å². The SMILES string of the molecule is COc1cc(-c2cc3c(CNN4CCCC4)cccc3[nH]2)c2c(c1OS(C)(=O)=O)CNC2=O. The first-order chi connectivity index (χ1) is 15.8. The van der Waals surface area contributed by atoms with Crippen LogP contribution in [0.5, 0.6) is 11.5 Å². The van der Waals surface area contributed by atoms with E-state index in [4.69, 9.17) is 8.92 Å². The molecule has 3 N–H and O–H groups in total. The highest BCUT2D eigenvalue weighted by Gasteiger charge is 2.32. The molecule has 5 rings (SSSR count). The number of amides is 1. The summed E-state index contributed by atoms with van der Waals surface area (Å²) in [4.78, 5) is 16.1. The van der Waals surface area contributed by atoms with E-state index in [0.717, 1.165) is 41.5 Å². The van der Waals surface area contributed by atoms with Gasteiger partial charge in [-0.1, -0.05) is 12.1 Å². The molecule has 0 aliphatic carbocycles. The van der Waals surface area contributed by atoms with Crippen LogP contribution in [0.2, 0.25) is 0 Å².